The van der Waals surface area contributed by atoms with Gasteiger partial charge < -0.3 is 10.2 Å². The molecule has 0 bridgehead atoms. The van der Waals surface area contributed by atoms with Crippen LogP contribution in [0.5, 0.6) is 0 Å². The number of carbonyl (C=O) groups is 1. The smallest absolute Gasteiger partial charge is 0.125 e. The van der Waals surface area contributed by atoms with Crippen molar-refractivity contribution in [3.05, 3.63) is 0 Å². The third kappa shape index (κ3) is 3.33. The molecule has 3 heteroatoms. The zero-order valence-corrected chi connectivity index (χ0v) is 5.14. The molecule has 0 aliphatic rings. The van der Waals surface area contributed by atoms with Gasteiger partial charge in [-0.2, -0.15) is 5.10 Å². The van der Waals surface area contributed by atoms with Crippen LogP contribution in [0.2, 0.25) is 0 Å². The van der Waals surface area contributed by atoms with Crippen LogP contribution < -0.4 is 5.43 Å². The van der Waals surface area contributed by atoms with Crippen molar-refractivity contribution in [2.45, 2.75) is 13.3 Å². The highest BCUT2D eigenvalue weighted by molar-refractivity contribution is 5.91. The number of hydrazone groups is 1. The maximum atomic E-state index is 9.78. The lowest BCUT2D eigenvalue weighted by molar-refractivity contribution is -0.106. The number of hydrogen-bond acceptors (Lipinski definition) is 3. The van der Waals surface area contributed by atoms with Crippen LogP contribution in [0.4, 0.5) is 0 Å². The first-order valence-electron chi connectivity index (χ1n) is 2.44. The summed E-state index contributed by atoms with van der Waals surface area (Å²) in [5.41, 5.74) is 3.39. The molecule has 0 unspecified atom stereocenters. The van der Waals surface area contributed by atoms with E-state index in [2.05, 4.69) is 10.5 Å². The molecule has 0 aromatic rings. The monoisotopic (exact) mass is 114 g/mol. The number of carbonyl (C=O) groups excluding carboxylic acids is 1. The van der Waals surface area contributed by atoms with Crippen molar-refractivity contribution in [2.75, 3.05) is 7.05 Å². The maximum absolute atomic E-state index is 9.78. The van der Waals surface area contributed by atoms with E-state index in [4.69, 9.17) is 0 Å². The predicted octanol–water partition coefficient (Wildman–Crippen LogP) is 0.171. The Morgan fingerprint density at radius 2 is 2.50 bits per heavy atom. The van der Waals surface area contributed by atoms with Gasteiger partial charge in [0.1, 0.15) is 6.29 Å². The molecule has 0 aromatic heterocycles. The topological polar surface area (TPSA) is 41.5 Å². The van der Waals surface area contributed by atoms with E-state index in [1.807, 2.05) is 0 Å². The van der Waals surface area contributed by atoms with E-state index in [0.717, 1.165) is 12.0 Å². The summed E-state index contributed by atoms with van der Waals surface area (Å²) >= 11 is 0. The molecule has 0 aliphatic carbocycles. The normalized spacial score (nSPS) is 11.0. The lowest BCUT2D eigenvalue weighted by Gasteiger charge is -1.89. The molecule has 0 amide bonds. The van der Waals surface area contributed by atoms with E-state index in [1.165, 1.54) is 0 Å². The predicted molar refractivity (Wildman–Crippen MR) is 32.8 cm³/mol. The van der Waals surface area contributed by atoms with Crippen molar-refractivity contribution < 1.29 is 4.79 Å². The van der Waals surface area contributed by atoms with Crippen LogP contribution in [0.15, 0.2) is 5.10 Å². The minimum absolute atomic E-state index is 0.418. The van der Waals surface area contributed by atoms with Gasteiger partial charge in [0.25, 0.3) is 0 Å². The van der Waals surface area contributed by atoms with Crippen LogP contribution in [-0.2, 0) is 4.79 Å². The summed E-state index contributed by atoms with van der Waals surface area (Å²) in [4.78, 5) is 9.78. The van der Waals surface area contributed by atoms with E-state index < -0.39 is 0 Å². The Bertz CT molecular complexity index is 98.6. The van der Waals surface area contributed by atoms with Crippen LogP contribution in [-0.4, -0.2) is 19.0 Å². The Kier molecular flexibility index (Phi) is 3.84. The van der Waals surface area contributed by atoms with Crippen molar-refractivity contribution in [1.82, 2.24) is 5.43 Å². The highest BCUT2D eigenvalue weighted by Crippen LogP contribution is 1.76. The molecule has 3 nitrogen and oxygen atoms in total. The summed E-state index contributed by atoms with van der Waals surface area (Å²) < 4.78 is 0. The Balaban J connectivity index is 3.44. The van der Waals surface area contributed by atoms with Gasteiger partial charge in [-0.05, 0) is 6.92 Å². The molecule has 0 saturated heterocycles. The van der Waals surface area contributed by atoms with Crippen molar-refractivity contribution in [3.8, 4) is 0 Å². The van der Waals surface area contributed by atoms with E-state index >= 15 is 0 Å². The molecule has 0 atom stereocenters. The fourth-order valence-corrected chi connectivity index (χ4v) is 0.357. The van der Waals surface area contributed by atoms with Crippen LogP contribution in [0, 0.1) is 0 Å². The number of nitrogens with zero attached hydrogens (tertiary/aromatic N) is 1. The average molecular weight is 114 g/mol. The van der Waals surface area contributed by atoms with Gasteiger partial charge in [0.2, 0.25) is 0 Å². The third-order valence-corrected chi connectivity index (χ3v) is 0.681. The van der Waals surface area contributed by atoms with Crippen LogP contribution in [0.1, 0.15) is 13.3 Å². The first-order valence-corrected chi connectivity index (χ1v) is 2.44. The van der Waals surface area contributed by atoms with Gasteiger partial charge in [0, 0.05) is 19.2 Å². The molecule has 0 radical (unpaired) electrons. The van der Waals surface area contributed by atoms with Gasteiger partial charge in [0.05, 0.1) is 0 Å². The van der Waals surface area contributed by atoms with E-state index in [1.54, 1.807) is 14.0 Å². The van der Waals surface area contributed by atoms with Crippen LogP contribution in [0.25, 0.3) is 0 Å². The molecule has 1 N–H and O–H groups in total. The second-order valence-corrected chi connectivity index (χ2v) is 1.44. The first-order chi connectivity index (χ1) is 3.81. The number of rotatable bonds is 3. The van der Waals surface area contributed by atoms with Crippen molar-refractivity contribution >= 4 is 12.0 Å². The van der Waals surface area contributed by atoms with E-state index in [0.29, 0.717) is 6.42 Å². The van der Waals surface area contributed by atoms with E-state index in [-0.39, 0.29) is 0 Å². The average Bonchev–Trinajstić information content (AvgIpc) is 1.68. The van der Waals surface area contributed by atoms with Gasteiger partial charge >= 0.3 is 0 Å². The highest BCUT2D eigenvalue weighted by Gasteiger charge is 1.84. The first kappa shape index (κ1) is 7.14. The zero-order valence-electron chi connectivity index (χ0n) is 5.14. The Hall–Kier alpha value is -0.860. The molecular formula is C5H10N2O. The quantitative estimate of drug-likeness (QED) is 0.323. The van der Waals surface area contributed by atoms with Crippen LogP contribution >= 0.6 is 0 Å². The fraction of sp³-hybridized carbons (Fsp3) is 0.600. The molecule has 0 aromatic carbocycles. The molecular weight excluding hydrogens is 104 g/mol. The number of hydrogen-bond donors (Lipinski definition) is 1. The molecule has 0 saturated carbocycles. The molecule has 0 heterocycles. The lowest BCUT2D eigenvalue weighted by Crippen LogP contribution is -2.01. The van der Waals surface area contributed by atoms with Gasteiger partial charge in [-0.25, -0.2) is 0 Å². The zero-order chi connectivity index (χ0) is 6.41. The minimum atomic E-state index is 0.418. The molecule has 0 fully saturated rings. The third-order valence-electron chi connectivity index (χ3n) is 0.681. The van der Waals surface area contributed by atoms with Crippen molar-refractivity contribution in [2.24, 2.45) is 5.10 Å². The number of nitrogens with one attached hydrogen (secondary N) is 1. The lowest BCUT2D eigenvalue weighted by atomic mass is 10.3. The van der Waals surface area contributed by atoms with Crippen molar-refractivity contribution in [3.63, 3.8) is 0 Å². The van der Waals surface area contributed by atoms with Gasteiger partial charge in [0.15, 0.2) is 0 Å². The summed E-state index contributed by atoms with van der Waals surface area (Å²) in [7, 11) is 1.70. The largest absolute Gasteiger partial charge is 0.313 e. The molecule has 8 heavy (non-hydrogen) atoms. The Morgan fingerprint density at radius 3 is 2.88 bits per heavy atom. The second-order valence-electron chi connectivity index (χ2n) is 1.44. The molecule has 0 spiro atoms. The van der Waals surface area contributed by atoms with Crippen LogP contribution in [0.3, 0.4) is 0 Å². The molecule has 46 valence electrons. The van der Waals surface area contributed by atoms with Gasteiger partial charge in [-0.15, -0.1) is 0 Å². The minimum Gasteiger partial charge on any atom is -0.313 e. The summed E-state index contributed by atoms with van der Waals surface area (Å²) in [6.07, 6.45) is 1.25. The maximum Gasteiger partial charge on any atom is 0.125 e. The summed E-state index contributed by atoms with van der Waals surface area (Å²) in [5.74, 6) is 0. The van der Waals surface area contributed by atoms with Gasteiger partial charge in [-0.3, -0.25) is 0 Å². The number of aldehydes is 1. The molecule has 0 rings (SSSR count). The Morgan fingerprint density at radius 1 is 1.88 bits per heavy atom. The Labute approximate surface area is 48.8 Å². The van der Waals surface area contributed by atoms with Crippen molar-refractivity contribution in [1.29, 1.82) is 0 Å². The SMILES string of the molecule is CN/N=C(/C)CC=O. The second kappa shape index (κ2) is 4.30. The van der Waals surface area contributed by atoms with Gasteiger partial charge in [-0.1, -0.05) is 0 Å². The summed E-state index contributed by atoms with van der Waals surface area (Å²) in [6.45, 7) is 1.80. The highest BCUT2D eigenvalue weighted by atomic mass is 16.1. The van der Waals surface area contributed by atoms with E-state index in [9.17, 15) is 4.79 Å². The fourth-order valence-electron chi connectivity index (χ4n) is 0.357. The summed E-state index contributed by atoms with van der Waals surface area (Å²) in [5, 5.41) is 3.75. The summed E-state index contributed by atoms with van der Waals surface area (Å²) in [6, 6.07) is 0. The molecule has 0 aliphatic heterocycles. The standard InChI is InChI=1S/C5H10N2O/c1-5(3-4-8)7-6-2/h4,6H,3H2,1-2H3/b7-5-.